The molecule has 20 heavy (non-hydrogen) atoms. The predicted octanol–water partition coefficient (Wildman–Crippen LogP) is 3.40. The Morgan fingerprint density at radius 2 is 1.85 bits per heavy atom. The van der Waals surface area contributed by atoms with E-state index in [1.165, 1.54) is 6.42 Å². The Labute approximate surface area is 122 Å². The molecule has 0 amide bonds. The molecule has 0 saturated heterocycles. The van der Waals surface area contributed by atoms with Crippen LogP contribution in [0, 0.1) is 11.8 Å². The Hall–Kier alpha value is -1.22. The minimum absolute atomic E-state index is 0.332. The first-order valence-corrected chi connectivity index (χ1v) is 7.66. The van der Waals surface area contributed by atoms with Gasteiger partial charge >= 0.3 is 0 Å². The highest BCUT2D eigenvalue weighted by atomic mass is 16.5. The van der Waals surface area contributed by atoms with Gasteiger partial charge in [0.05, 0.1) is 13.2 Å². The topological polar surface area (TPSA) is 44.5 Å². The van der Waals surface area contributed by atoms with E-state index in [4.69, 9.17) is 15.2 Å². The minimum atomic E-state index is 0.332. The fraction of sp³-hybridized carbons (Fsp3) is 0.647. The van der Waals surface area contributed by atoms with Gasteiger partial charge in [-0.1, -0.05) is 13.8 Å². The summed E-state index contributed by atoms with van der Waals surface area (Å²) in [6.45, 7) is 5.27. The Balaban J connectivity index is 2.11. The Kier molecular flexibility index (Phi) is 5.30. The quantitative estimate of drug-likeness (QED) is 0.897. The molecular formula is C17H27NO2. The Bertz CT molecular complexity index is 423. The summed E-state index contributed by atoms with van der Waals surface area (Å²) >= 11 is 0. The van der Waals surface area contributed by atoms with E-state index in [9.17, 15) is 0 Å². The summed E-state index contributed by atoms with van der Waals surface area (Å²) in [7, 11) is 1.69. The van der Waals surface area contributed by atoms with Crippen LogP contribution in [0.15, 0.2) is 18.2 Å². The molecule has 1 aromatic rings. The maximum atomic E-state index is 6.27. The number of ether oxygens (including phenoxy) is 2. The van der Waals surface area contributed by atoms with Gasteiger partial charge in [-0.3, -0.25) is 0 Å². The molecule has 3 nitrogen and oxygen atoms in total. The van der Waals surface area contributed by atoms with E-state index >= 15 is 0 Å². The van der Waals surface area contributed by atoms with Crippen molar-refractivity contribution < 1.29 is 9.47 Å². The van der Waals surface area contributed by atoms with Gasteiger partial charge in [0.15, 0.2) is 0 Å². The summed E-state index contributed by atoms with van der Waals surface area (Å²) in [5, 5.41) is 0. The largest absolute Gasteiger partial charge is 0.497 e. The van der Waals surface area contributed by atoms with Gasteiger partial charge in [0, 0.05) is 0 Å². The van der Waals surface area contributed by atoms with Crippen LogP contribution < -0.4 is 15.2 Å². The average molecular weight is 277 g/mol. The molecule has 2 N–H and O–H groups in total. The third-order valence-electron chi connectivity index (χ3n) is 4.11. The molecule has 0 aromatic heterocycles. The normalized spacial score (nSPS) is 26.3. The van der Waals surface area contributed by atoms with Crippen molar-refractivity contribution in [2.75, 3.05) is 13.7 Å². The molecule has 1 saturated carbocycles. The first-order chi connectivity index (χ1) is 9.62. The van der Waals surface area contributed by atoms with Gasteiger partial charge in [-0.25, -0.2) is 0 Å². The van der Waals surface area contributed by atoms with Crippen LogP contribution in [0.3, 0.4) is 0 Å². The van der Waals surface area contributed by atoms with Crippen molar-refractivity contribution in [3.8, 4) is 11.5 Å². The fourth-order valence-corrected chi connectivity index (χ4v) is 3.30. The van der Waals surface area contributed by atoms with Crippen molar-refractivity contribution in [3.05, 3.63) is 23.8 Å². The number of hydrogen-bond acceptors (Lipinski definition) is 3. The van der Waals surface area contributed by atoms with Crippen LogP contribution in [0.2, 0.25) is 0 Å². The monoisotopic (exact) mass is 277 g/mol. The number of hydrogen-bond donors (Lipinski definition) is 1. The molecule has 0 heterocycles. The lowest BCUT2D eigenvalue weighted by atomic mass is 9.82. The van der Waals surface area contributed by atoms with Crippen LogP contribution in [0.5, 0.6) is 11.5 Å². The van der Waals surface area contributed by atoms with Crippen LogP contribution in [0.25, 0.3) is 0 Å². The third-order valence-corrected chi connectivity index (χ3v) is 4.11. The highest BCUT2D eigenvalue weighted by Gasteiger charge is 2.25. The second-order valence-corrected chi connectivity index (χ2v) is 6.17. The van der Waals surface area contributed by atoms with E-state index in [-0.39, 0.29) is 0 Å². The number of nitrogens with two attached hydrogens (primary N) is 1. The highest BCUT2D eigenvalue weighted by Crippen LogP contribution is 2.33. The van der Waals surface area contributed by atoms with E-state index in [1.807, 2.05) is 18.2 Å². The molecule has 0 spiro atoms. The average Bonchev–Trinajstić information content (AvgIpc) is 2.40. The smallest absolute Gasteiger partial charge is 0.123 e. The molecule has 2 unspecified atom stereocenters. The fourth-order valence-electron chi connectivity index (χ4n) is 3.30. The summed E-state index contributed by atoms with van der Waals surface area (Å²) in [5.41, 5.74) is 6.85. The van der Waals surface area contributed by atoms with E-state index in [1.54, 1.807) is 7.11 Å². The maximum absolute atomic E-state index is 6.27. The van der Waals surface area contributed by atoms with E-state index < -0.39 is 0 Å². The Morgan fingerprint density at radius 1 is 1.15 bits per heavy atom. The first kappa shape index (κ1) is 15.2. The molecule has 0 radical (unpaired) electrons. The van der Waals surface area contributed by atoms with Gasteiger partial charge in [0.25, 0.3) is 0 Å². The van der Waals surface area contributed by atoms with Gasteiger partial charge in [-0.2, -0.15) is 0 Å². The molecule has 0 bridgehead atoms. The minimum Gasteiger partial charge on any atom is -0.497 e. The lowest BCUT2D eigenvalue weighted by Gasteiger charge is -2.32. The molecule has 1 aliphatic carbocycles. The zero-order valence-electron chi connectivity index (χ0n) is 12.9. The van der Waals surface area contributed by atoms with Gasteiger partial charge in [-0.15, -0.1) is 0 Å². The predicted molar refractivity (Wildman–Crippen MR) is 82.3 cm³/mol. The molecule has 1 fully saturated rings. The summed E-state index contributed by atoms with van der Waals surface area (Å²) in [5.74, 6) is 3.34. The van der Waals surface area contributed by atoms with Crippen molar-refractivity contribution in [3.63, 3.8) is 0 Å². The summed E-state index contributed by atoms with van der Waals surface area (Å²) in [6, 6.07) is 6.02. The van der Waals surface area contributed by atoms with E-state index in [2.05, 4.69) is 13.8 Å². The molecule has 112 valence electrons. The number of benzene rings is 1. The molecule has 2 rings (SSSR count). The summed E-state index contributed by atoms with van der Waals surface area (Å²) < 4.78 is 11.6. The molecular weight excluding hydrogens is 250 g/mol. The third kappa shape index (κ3) is 3.89. The summed E-state index contributed by atoms with van der Waals surface area (Å²) in [6.07, 6.45) is 4.78. The van der Waals surface area contributed by atoms with Crippen LogP contribution in [0.4, 0.5) is 0 Å². The van der Waals surface area contributed by atoms with Crippen molar-refractivity contribution in [2.45, 2.75) is 45.6 Å². The lowest BCUT2D eigenvalue weighted by molar-refractivity contribution is 0.100. The number of rotatable bonds is 5. The molecule has 1 aliphatic rings. The molecule has 3 heteroatoms. The van der Waals surface area contributed by atoms with Crippen LogP contribution >= 0.6 is 0 Å². The first-order valence-electron chi connectivity index (χ1n) is 7.66. The van der Waals surface area contributed by atoms with Crippen molar-refractivity contribution in [1.29, 1.82) is 0 Å². The van der Waals surface area contributed by atoms with Crippen molar-refractivity contribution in [1.82, 2.24) is 0 Å². The summed E-state index contributed by atoms with van der Waals surface area (Å²) in [4.78, 5) is 0. The SMILES string of the molecule is COc1ccc(OC2CC(C)CC(C)C2)c(CCN)c1. The lowest BCUT2D eigenvalue weighted by Crippen LogP contribution is -2.28. The van der Waals surface area contributed by atoms with Crippen molar-refractivity contribution in [2.24, 2.45) is 17.6 Å². The van der Waals surface area contributed by atoms with Gasteiger partial charge in [-0.05, 0) is 67.8 Å². The second-order valence-electron chi connectivity index (χ2n) is 6.17. The molecule has 0 aliphatic heterocycles. The number of methoxy groups -OCH3 is 1. The van der Waals surface area contributed by atoms with Crippen molar-refractivity contribution >= 4 is 0 Å². The van der Waals surface area contributed by atoms with E-state index in [0.29, 0.717) is 12.6 Å². The Morgan fingerprint density at radius 3 is 2.45 bits per heavy atom. The zero-order chi connectivity index (χ0) is 14.5. The highest BCUT2D eigenvalue weighted by molar-refractivity contribution is 5.40. The van der Waals surface area contributed by atoms with Crippen LogP contribution in [-0.4, -0.2) is 19.8 Å². The van der Waals surface area contributed by atoms with Crippen LogP contribution in [-0.2, 0) is 6.42 Å². The molecule has 2 atom stereocenters. The van der Waals surface area contributed by atoms with Gasteiger partial charge < -0.3 is 15.2 Å². The van der Waals surface area contributed by atoms with Gasteiger partial charge in [0.2, 0.25) is 0 Å². The maximum Gasteiger partial charge on any atom is 0.123 e. The standard InChI is InChI=1S/C17H27NO2/c1-12-8-13(2)10-16(9-12)20-17-5-4-15(19-3)11-14(17)6-7-18/h4-5,11-13,16H,6-10,18H2,1-3H3. The van der Waals surface area contributed by atoms with E-state index in [0.717, 1.165) is 48.2 Å². The second kappa shape index (κ2) is 6.98. The van der Waals surface area contributed by atoms with Gasteiger partial charge in [0.1, 0.15) is 11.5 Å². The molecule has 1 aromatic carbocycles. The van der Waals surface area contributed by atoms with Crippen LogP contribution in [0.1, 0.15) is 38.7 Å². The zero-order valence-corrected chi connectivity index (χ0v) is 12.9.